The first kappa shape index (κ1) is 14.4. The SMILES string of the molecule is CC(C)(C)OC(=O)Cn1ccc2c(Cl)c(C#N)cnc21. The van der Waals surface area contributed by atoms with E-state index in [1.807, 2.05) is 26.8 Å². The summed E-state index contributed by atoms with van der Waals surface area (Å²) in [6.45, 7) is 5.49. The van der Waals surface area contributed by atoms with Gasteiger partial charge in [0, 0.05) is 17.8 Å². The summed E-state index contributed by atoms with van der Waals surface area (Å²) in [4.78, 5) is 16.0. The molecule has 2 aromatic rings. The average Bonchev–Trinajstić information content (AvgIpc) is 2.71. The monoisotopic (exact) mass is 291 g/mol. The zero-order valence-electron chi connectivity index (χ0n) is 11.5. The predicted octanol–water partition coefficient (Wildman–Crippen LogP) is 2.90. The van der Waals surface area contributed by atoms with Crippen molar-refractivity contribution >= 4 is 28.6 Å². The van der Waals surface area contributed by atoms with Crippen LogP contribution in [-0.2, 0) is 16.1 Å². The van der Waals surface area contributed by atoms with Crippen LogP contribution in [0.5, 0.6) is 0 Å². The maximum Gasteiger partial charge on any atom is 0.326 e. The van der Waals surface area contributed by atoms with Crippen LogP contribution in [-0.4, -0.2) is 21.1 Å². The van der Waals surface area contributed by atoms with Gasteiger partial charge >= 0.3 is 5.97 Å². The van der Waals surface area contributed by atoms with E-state index in [9.17, 15) is 4.79 Å². The van der Waals surface area contributed by atoms with Gasteiger partial charge in [0.1, 0.15) is 23.9 Å². The molecule has 6 heteroatoms. The Kier molecular flexibility index (Phi) is 3.69. The van der Waals surface area contributed by atoms with Crippen molar-refractivity contribution in [2.45, 2.75) is 32.9 Å². The molecule has 0 amide bonds. The number of fused-ring (bicyclic) bond motifs is 1. The predicted molar refractivity (Wildman–Crippen MR) is 75.3 cm³/mol. The van der Waals surface area contributed by atoms with Crippen molar-refractivity contribution in [2.24, 2.45) is 0 Å². The van der Waals surface area contributed by atoms with Crippen molar-refractivity contribution < 1.29 is 9.53 Å². The molecule has 0 unspecified atom stereocenters. The Morgan fingerprint density at radius 1 is 1.55 bits per heavy atom. The third-order valence-corrected chi connectivity index (χ3v) is 2.97. The summed E-state index contributed by atoms with van der Waals surface area (Å²) in [6.07, 6.45) is 3.10. The minimum absolute atomic E-state index is 0.0516. The molecule has 0 radical (unpaired) electrons. The van der Waals surface area contributed by atoms with Gasteiger partial charge in [-0.3, -0.25) is 4.79 Å². The lowest BCUT2D eigenvalue weighted by Crippen LogP contribution is -2.26. The fourth-order valence-corrected chi connectivity index (χ4v) is 2.06. The van der Waals surface area contributed by atoms with Crippen LogP contribution in [0.1, 0.15) is 26.3 Å². The van der Waals surface area contributed by atoms with Crippen LogP contribution in [0.15, 0.2) is 18.5 Å². The second kappa shape index (κ2) is 5.14. The summed E-state index contributed by atoms with van der Waals surface area (Å²) in [6, 6.07) is 3.71. The quantitative estimate of drug-likeness (QED) is 0.798. The van der Waals surface area contributed by atoms with E-state index in [0.717, 1.165) is 0 Å². The molecular formula is C14H14ClN3O2. The number of halogens is 1. The Labute approximate surface area is 121 Å². The van der Waals surface area contributed by atoms with Crippen molar-refractivity contribution in [3.8, 4) is 6.07 Å². The molecule has 0 aromatic carbocycles. The third-order valence-electron chi connectivity index (χ3n) is 2.56. The lowest BCUT2D eigenvalue weighted by atomic mass is 10.2. The Morgan fingerprint density at radius 3 is 2.85 bits per heavy atom. The fourth-order valence-electron chi connectivity index (χ4n) is 1.83. The maximum atomic E-state index is 11.8. The number of aromatic nitrogens is 2. The number of esters is 1. The van der Waals surface area contributed by atoms with E-state index in [1.54, 1.807) is 16.8 Å². The Hall–Kier alpha value is -2.06. The van der Waals surface area contributed by atoms with Gasteiger partial charge in [-0.1, -0.05) is 11.6 Å². The molecule has 2 aromatic heterocycles. The van der Waals surface area contributed by atoms with Gasteiger partial charge in [0.05, 0.1) is 10.6 Å². The smallest absolute Gasteiger partial charge is 0.326 e. The zero-order valence-corrected chi connectivity index (χ0v) is 12.2. The number of nitrogens with zero attached hydrogens (tertiary/aromatic N) is 3. The van der Waals surface area contributed by atoms with Gasteiger partial charge in [0.2, 0.25) is 0 Å². The van der Waals surface area contributed by atoms with E-state index in [2.05, 4.69) is 4.98 Å². The molecule has 0 atom stereocenters. The zero-order chi connectivity index (χ0) is 14.9. The molecule has 0 spiro atoms. The van der Waals surface area contributed by atoms with Crippen molar-refractivity contribution in [1.82, 2.24) is 9.55 Å². The van der Waals surface area contributed by atoms with Crippen LogP contribution in [0, 0.1) is 11.3 Å². The van der Waals surface area contributed by atoms with E-state index in [1.165, 1.54) is 6.20 Å². The number of ether oxygens (including phenoxy) is 1. The number of rotatable bonds is 2. The summed E-state index contributed by atoms with van der Waals surface area (Å²) in [5.41, 5.74) is 0.341. The van der Waals surface area contributed by atoms with Crippen LogP contribution in [0.3, 0.4) is 0 Å². The molecule has 2 heterocycles. The van der Waals surface area contributed by atoms with E-state index in [0.29, 0.717) is 21.6 Å². The van der Waals surface area contributed by atoms with Crippen LogP contribution in [0.4, 0.5) is 0 Å². The van der Waals surface area contributed by atoms with Gasteiger partial charge in [0.15, 0.2) is 0 Å². The molecule has 0 fully saturated rings. The standard InChI is InChI=1S/C14H14ClN3O2/c1-14(2,3)20-11(19)8-18-5-4-10-12(15)9(6-16)7-17-13(10)18/h4-5,7H,8H2,1-3H3. The van der Waals surface area contributed by atoms with Crippen LogP contribution < -0.4 is 0 Å². The molecular weight excluding hydrogens is 278 g/mol. The molecule has 0 aliphatic heterocycles. The molecule has 0 bridgehead atoms. The van der Waals surface area contributed by atoms with Crippen molar-refractivity contribution in [3.63, 3.8) is 0 Å². The van der Waals surface area contributed by atoms with Crippen molar-refractivity contribution in [3.05, 3.63) is 29.0 Å². The molecule has 0 N–H and O–H groups in total. The molecule has 2 rings (SSSR count). The highest BCUT2D eigenvalue weighted by Gasteiger charge is 2.18. The molecule has 0 saturated heterocycles. The van der Waals surface area contributed by atoms with E-state index < -0.39 is 5.60 Å². The first-order valence-electron chi connectivity index (χ1n) is 6.07. The summed E-state index contributed by atoms with van der Waals surface area (Å²) in [7, 11) is 0. The normalized spacial score (nSPS) is 11.3. The molecule has 5 nitrogen and oxygen atoms in total. The van der Waals surface area contributed by atoms with E-state index >= 15 is 0 Å². The number of carbonyl (C=O) groups is 1. The highest BCUT2D eigenvalue weighted by molar-refractivity contribution is 6.36. The van der Waals surface area contributed by atoms with Gasteiger partial charge in [-0.2, -0.15) is 5.26 Å². The summed E-state index contributed by atoms with van der Waals surface area (Å²) >= 11 is 6.11. The second-order valence-electron chi connectivity index (χ2n) is 5.37. The minimum atomic E-state index is -0.529. The van der Waals surface area contributed by atoms with Crippen LogP contribution in [0.2, 0.25) is 5.02 Å². The number of carbonyl (C=O) groups excluding carboxylic acids is 1. The van der Waals surface area contributed by atoms with E-state index in [-0.39, 0.29) is 12.5 Å². The summed E-state index contributed by atoms with van der Waals surface area (Å²) < 4.78 is 6.91. The number of hydrogen-bond acceptors (Lipinski definition) is 4. The summed E-state index contributed by atoms with van der Waals surface area (Å²) in [5.74, 6) is -0.350. The largest absolute Gasteiger partial charge is 0.459 e. The first-order chi connectivity index (χ1) is 9.31. The van der Waals surface area contributed by atoms with Gasteiger partial charge in [-0.15, -0.1) is 0 Å². The number of nitriles is 1. The van der Waals surface area contributed by atoms with Crippen LogP contribution >= 0.6 is 11.6 Å². The number of hydrogen-bond donors (Lipinski definition) is 0. The molecule has 104 valence electrons. The average molecular weight is 292 g/mol. The molecule has 0 aliphatic rings. The third kappa shape index (κ3) is 2.91. The topological polar surface area (TPSA) is 67.9 Å². The second-order valence-corrected chi connectivity index (χ2v) is 5.74. The summed E-state index contributed by atoms with van der Waals surface area (Å²) in [5, 5.41) is 9.90. The Balaban J connectivity index is 2.31. The van der Waals surface area contributed by atoms with Gasteiger partial charge in [-0.25, -0.2) is 4.98 Å². The molecule has 0 saturated carbocycles. The fraction of sp³-hybridized carbons (Fsp3) is 0.357. The van der Waals surface area contributed by atoms with Crippen molar-refractivity contribution in [2.75, 3.05) is 0 Å². The number of pyridine rings is 1. The highest BCUT2D eigenvalue weighted by atomic mass is 35.5. The highest BCUT2D eigenvalue weighted by Crippen LogP contribution is 2.26. The van der Waals surface area contributed by atoms with Gasteiger partial charge in [0.25, 0.3) is 0 Å². The molecule has 20 heavy (non-hydrogen) atoms. The Morgan fingerprint density at radius 2 is 2.25 bits per heavy atom. The lowest BCUT2D eigenvalue weighted by molar-refractivity contribution is -0.155. The van der Waals surface area contributed by atoms with Crippen LogP contribution in [0.25, 0.3) is 11.0 Å². The van der Waals surface area contributed by atoms with Gasteiger partial charge < -0.3 is 9.30 Å². The minimum Gasteiger partial charge on any atom is -0.459 e. The first-order valence-corrected chi connectivity index (χ1v) is 6.45. The molecule has 0 aliphatic carbocycles. The van der Waals surface area contributed by atoms with Crippen molar-refractivity contribution in [1.29, 1.82) is 5.26 Å². The Bertz CT molecular complexity index is 708. The maximum absolute atomic E-state index is 11.8. The van der Waals surface area contributed by atoms with E-state index in [4.69, 9.17) is 21.6 Å². The van der Waals surface area contributed by atoms with Gasteiger partial charge in [-0.05, 0) is 26.8 Å². The lowest BCUT2D eigenvalue weighted by Gasteiger charge is -2.19.